The van der Waals surface area contributed by atoms with Gasteiger partial charge in [0.05, 0.1) is 11.4 Å². The second-order valence-corrected chi connectivity index (χ2v) is 6.72. The fourth-order valence-corrected chi connectivity index (χ4v) is 3.53. The van der Waals surface area contributed by atoms with Crippen LogP contribution >= 0.6 is 27.3 Å². The van der Waals surface area contributed by atoms with Crippen LogP contribution in [-0.4, -0.2) is 28.5 Å². The molecule has 0 bridgehead atoms. The third kappa shape index (κ3) is 3.53. The lowest BCUT2D eigenvalue weighted by Crippen LogP contribution is -2.32. The van der Waals surface area contributed by atoms with E-state index < -0.39 is 0 Å². The first-order chi connectivity index (χ1) is 10.6. The van der Waals surface area contributed by atoms with Crippen molar-refractivity contribution in [2.45, 2.75) is 25.3 Å². The summed E-state index contributed by atoms with van der Waals surface area (Å²) in [7, 11) is 0. The molecule has 116 valence electrons. The topological polar surface area (TPSA) is 97.1 Å². The molecule has 0 aromatic carbocycles. The molecule has 0 aliphatic carbocycles. The first kappa shape index (κ1) is 15.2. The number of hydrogen-bond donors (Lipinski definition) is 2. The van der Waals surface area contributed by atoms with Crippen molar-refractivity contribution >= 4 is 39.1 Å². The lowest BCUT2D eigenvalue weighted by atomic mass is 9.97. The Kier molecular flexibility index (Phi) is 4.53. The highest BCUT2D eigenvalue weighted by Crippen LogP contribution is 2.23. The van der Waals surface area contributed by atoms with Crippen LogP contribution in [0.25, 0.3) is 0 Å². The Morgan fingerprint density at radius 2 is 2.45 bits per heavy atom. The number of thiophene rings is 1. The third-order valence-corrected chi connectivity index (χ3v) is 4.98. The van der Waals surface area contributed by atoms with Crippen molar-refractivity contribution in [3.8, 4) is 0 Å². The minimum atomic E-state index is -0.188. The van der Waals surface area contributed by atoms with Gasteiger partial charge in [-0.1, -0.05) is 5.16 Å². The summed E-state index contributed by atoms with van der Waals surface area (Å²) < 4.78 is 6.00. The highest BCUT2D eigenvalue weighted by Gasteiger charge is 2.25. The molecule has 1 atom stereocenters. The van der Waals surface area contributed by atoms with Crippen LogP contribution in [0.1, 0.15) is 40.1 Å². The SMILES string of the molecule is O=C1CC(c2noc(CNC(=O)c3cc(Br)cs3)n2)CCN1. The third-order valence-electron chi connectivity index (χ3n) is 3.29. The smallest absolute Gasteiger partial charge is 0.261 e. The highest BCUT2D eigenvalue weighted by atomic mass is 79.9. The number of aromatic nitrogens is 2. The van der Waals surface area contributed by atoms with E-state index in [4.69, 9.17) is 4.52 Å². The number of hydrogen-bond acceptors (Lipinski definition) is 6. The van der Waals surface area contributed by atoms with Gasteiger partial charge in [0.15, 0.2) is 5.82 Å². The summed E-state index contributed by atoms with van der Waals surface area (Å²) in [5.41, 5.74) is 0. The van der Waals surface area contributed by atoms with Crippen molar-refractivity contribution < 1.29 is 14.1 Å². The van der Waals surface area contributed by atoms with Gasteiger partial charge < -0.3 is 15.2 Å². The van der Waals surface area contributed by atoms with Crippen LogP contribution in [0, 0.1) is 0 Å². The van der Waals surface area contributed by atoms with E-state index in [1.54, 1.807) is 6.07 Å². The molecule has 3 heterocycles. The monoisotopic (exact) mass is 384 g/mol. The van der Waals surface area contributed by atoms with Crippen molar-refractivity contribution in [1.82, 2.24) is 20.8 Å². The maximum Gasteiger partial charge on any atom is 0.261 e. The molecule has 1 unspecified atom stereocenters. The molecule has 22 heavy (non-hydrogen) atoms. The number of halogens is 1. The van der Waals surface area contributed by atoms with E-state index in [-0.39, 0.29) is 24.3 Å². The zero-order chi connectivity index (χ0) is 15.5. The summed E-state index contributed by atoms with van der Waals surface area (Å²) in [5.74, 6) is 0.657. The molecule has 2 aromatic rings. The standard InChI is InChI=1S/C13H13BrN4O3S/c14-8-4-9(22-6-8)13(20)16-5-11-17-12(18-21-11)7-1-2-15-10(19)3-7/h4,6-7H,1-3,5H2,(H,15,19)(H,16,20). The Morgan fingerprint density at radius 3 is 3.18 bits per heavy atom. The predicted molar refractivity (Wildman–Crippen MR) is 82.5 cm³/mol. The van der Waals surface area contributed by atoms with E-state index in [1.165, 1.54) is 11.3 Å². The molecule has 1 aliphatic heterocycles. The molecule has 1 saturated heterocycles. The number of carbonyl (C=O) groups is 2. The Labute approximate surface area is 138 Å². The van der Waals surface area contributed by atoms with E-state index in [0.717, 1.165) is 10.9 Å². The quantitative estimate of drug-likeness (QED) is 0.837. The molecule has 0 saturated carbocycles. The van der Waals surface area contributed by atoms with Gasteiger partial charge in [-0.3, -0.25) is 9.59 Å². The minimum absolute atomic E-state index is 0.000764. The number of carbonyl (C=O) groups excluding carboxylic acids is 2. The first-order valence-electron chi connectivity index (χ1n) is 6.73. The van der Waals surface area contributed by atoms with Gasteiger partial charge in [0.25, 0.3) is 5.91 Å². The number of piperidine rings is 1. The van der Waals surface area contributed by atoms with Crippen LogP contribution in [0.15, 0.2) is 20.4 Å². The van der Waals surface area contributed by atoms with E-state index in [9.17, 15) is 9.59 Å². The zero-order valence-electron chi connectivity index (χ0n) is 11.5. The fourth-order valence-electron chi connectivity index (χ4n) is 2.19. The number of rotatable bonds is 4. The van der Waals surface area contributed by atoms with Gasteiger partial charge in [-0.05, 0) is 28.4 Å². The molecule has 2 amide bonds. The van der Waals surface area contributed by atoms with Crippen molar-refractivity contribution in [3.63, 3.8) is 0 Å². The van der Waals surface area contributed by atoms with Crippen molar-refractivity contribution in [2.75, 3.05) is 6.54 Å². The normalized spacial score (nSPS) is 18.0. The lowest BCUT2D eigenvalue weighted by molar-refractivity contribution is -0.122. The molecule has 0 radical (unpaired) electrons. The lowest BCUT2D eigenvalue weighted by Gasteiger charge is -2.18. The molecule has 0 spiro atoms. The molecule has 3 rings (SSSR count). The van der Waals surface area contributed by atoms with Gasteiger partial charge in [0, 0.05) is 28.7 Å². The summed E-state index contributed by atoms with van der Waals surface area (Å²) >= 11 is 4.66. The summed E-state index contributed by atoms with van der Waals surface area (Å²) in [5, 5.41) is 11.2. The predicted octanol–water partition coefficient (Wildman–Crippen LogP) is 1.82. The molecular weight excluding hydrogens is 372 g/mol. The Morgan fingerprint density at radius 1 is 1.59 bits per heavy atom. The Hall–Kier alpha value is -1.74. The summed E-state index contributed by atoms with van der Waals surface area (Å²) in [6.07, 6.45) is 1.16. The van der Waals surface area contributed by atoms with E-state index >= 15 is 0 Å². The van der Waals surface area contributed by atoms with Crippen LogP contribution in [0.3, 0.4) is 0 Å². The Bertz CT molecular complexity index is 699. The maximum atomic E-state index is 11.9. The average molecular weight is 385 g/mol. The van der Waals surface area contributed by atoms with Crippen molar-refractivity contribution in [2.24, 2.45) is 0 Å². The summed E-state index contributed by atoms with van der Waals surface area (Å²) in [6, 6.07) is 1.75. The van der Waals surface area contributed by atoms with Crippen LogP contribution in [0.4, 0.5) is 0 Å². The molecular formula is C13H13BrN4O3S. The van der Waals surface area contributed by atoms with Crippen LogP contribution < -0.4 is 10.6 Å². The number of nitrogens with zero attached hydrogens (tertiary/aromatic N) is 2. The zero-order valence-corrected chi connectivity index (χ0v) is 13.9. The van der Waals surface area contributed by atoms with Gasteiger partial charge in [-0.25, -0.2) is 0 Å². The summed E-state index contributed by atoms with van der Waals surface area (Å²) in [4.78, 5) is 28.2. The molecule has 1 aliphatic rings. The highest BCUT2D eigenvalue weighted by molar-refractivity contribution is 9.10. The largest absolute Gasteiger partial charge is 0.356 e. The van der Waals surface area contributed by atoms with E-state index in [2.05, 4.69) is 36.7 Å². The van der Waals surface area contributed by atoms with E-state index in [1.807, 2.05) is 5.38 Å². The van der Waals surface area contributed by atoms with Gasteiger partial charge in [-0.2, -0.15) is 4.98 Å². The van der Waals surface area contributed by atoms with Crippen LogP contribution in [-0.2, 0) is 11.3 Å². The molecule has 2 aromatic heterocycles. The van der Waals surface area contributed by atoms with Crippen LogP contribution in [0.2, 0.25) is 0 Å². The van der Waals surface area contributed by atoms with Crippen molar-refractivity contribution in [1.29, 1.82) is 0 Å². The number of amides is 2. The summed E-state index contributed by atoms with van der Waals surface area (Å²) in [6.45, 7) is 0.789. The van der Waals surface area contributed by atoms with Gasteiger partial charge in [-0.15, -0.1) is 11.3 Å². The first-order valence-corrected chi connectivity index (χ1v) is 8.40. The van der Waals surface area contributed by atoms with Crippen molar-refractivity contribution in [3.05, 3.63) is 32.5 Å². The molecule has 9 heteroatoms. The Balaban J connectivity index is 1.57. The fraction of sp³-hybridized carbons (Fsp3) is 0.385. The second-order valence-electron chi connectivity index (χ2n) is 4.90. The average Bonchev–Trinajstić information content (AvgIpc) is 3.14. The molecule has 2 N–H and O–H groups in total. The van der Waals surface area contributed by atoms with Gasteiger partial charge in [0.2, 0.25) is 11.8 Å². The van der Waals surface area contributed by atoms with Gasteiger partial charge in [0.1, 0.15) is 0 Å². The minimum Gasteiger partial charge on any atom is -0.356 e. The maximum absolute atomic E-state index is 11.9. The molecule has 7 nitrogen and oxygen atoms in total. The number of nitrogens with one attached hydrogen (secondary N) is 2. The second kappa shape index (κ2) is 6.57. The van der Waals surface area contributed by atoms with Gasteiger partial charge >= 0.3 is 0 Å². The molecule has 1 fully saturated rings. The van der Waals surface area contributed by atoms with E-state index in [0.29, 0.717) is 29.6 Å². The van der Waals surface area contributed by atoms with Crippen LogP contribution in [0.5, 0.6) is 0 Å².